The van der Waals surface area contributed by atoms with Crippen LogP contribution < -0.4 is 10.6 Å². The fourth-order valence-corrected chi connectivity index (χ4v) is 6.02. The Hall–Kier alpha value is -4.27. The van der Waals surface area contributed by atoms with E-state index < -0.39 is 48.2 Å². The van der Waals surface area contributed by atoms with Crippen LogP contribution in [0.5, 0.6) is 0 Å². The first-order chi connectivity index (χ1) is 18.9. The molecule has 0 unspecified atom stereocenters. The number of imide groups is 1. The van der Waals surface area contributed by atoms with Crippen molar-refractivity contribution in [1.29, 1.82) is 0 Å². The summed E-state index contributed by atoms with van der Waals surface area (Å²) >= 11 is 0. The third-order valence-electron chi connectivity index (χ3n) is 7.88. The molecule has 1 saturated carbocycles. The molecule has 6 atom stereocenters. The first kappa shape index (κ1) is 26.3. The molecule has 0 aromatic heterocycles. The minimum atomic E-state index is -1.05. The number of esters is 1. The summed E-state index contributed by atoms with van der Waals surface area (Å²) in [6.07, 6.45) is 5.15. The van der Waals surface area contributed by atoms with Crippen LogP contribution in [0.4, 0.5) is 0 Å². The van der Waals surface area contributed by atoms with Crippen LogP contribution in [0, 0.1) is 23.7 Å². The zero-order chi connectivity index (χ0) is 27.5. The fraction of sp³-hybridized carbons (Fsp3) is 0.367. The van der Waals surface area contributed by atoms with Gasteiger partial charge in [0.2, 0.25) is 23.6 Å². The zero-order valence-electron chi connectivity index (χ0n) is 21.6. The highest BCUT2D eigenvalue weighted by molar-refractivity contribution is 6.08. The lowest BCUT2D eigenvalue weighted by Crippen LogP contribution is -2.55. The van der Waals surface area contributed by atoms with Crippen LogP contribution in [0.2, 0.25) is 0 Å². The van der Waals surface area contributed by atoms with E-state index in [0.717, 1.165) is 22.4 Å². The van der Waals surface area contributed by atoms with Gasteiger partial charge < -0.3 is 15.4 Å². The lowest BCUT2D eigenvalue weighted by Gasteiger charge is -2.24. The summed E-state index contributed by atoms with van der Waals surface area (Å²) < 4.78 is 4.91. The molecule has 2 aromatic carbocycles. The maximum atomic E-state index is 13.4. The normalized spacial score (nSPS) is 24.3. The molecule has 2 fully saturated rings. The van der Waals surface area contributed by atoms with Crippen molar-refractivity contribution in [2.45, 2.75) is 31.3 Å². The van der Waals surface area contributed by atoms with E-state index in [0.29, 0.717) is 0 Å². The second kappa shape index (κ2) is 11.2. The van der Waals surface area contributed by atoms with E-state index in [1.165, 1.54) is 7.11 Å². The molecule has 39 heavy (non-hydrogen) atoms. The minimum absolute atomic E-state index is 0.0426. The van der Waals surface area contributed by atoms with Gasteiger partial charge in [-0.1, -0.05) is 72.8 Å². The number of rotatable bonds is 10. The van der Waals surface area contributed by atoms with E-state index in [1.807, 2.05) is 72.8 Å². The second-order valence-corrected chi connectivity index (χ2v) is 10.3. The maximum absolute atomic E-state index is 13.4. The number of allylic oxidation sites excluding steroid dienone is 2. The summed E-state index contributed by atoms with van der Waals surface area (Å²) in [5.74, 6) is -3.17. The number of carbonyl (C=O) groups excluding carboxylic acids is 5. The smallest absolute Gasteiger partial charge is 0.328 e. The summed E-state index contributed by atoms with van der Waals surface area (Å²) in [5.41, 5.74) is 1.62. The molecule has 1 aliphatic heterocycles. The molecule has 4 amide bonds. The minimum Gasteiger partial charge on any atom is -0.467 e. The van der Waals surface area contributed by atoms with Gasteiger partial charge in [-0.2, -0.15) is 0 Å². The third kappa shape index (κ3) is 5.48. The first-order valence-corrected chi connectivity index (χ1v) is 13.1. The summed E-state index contributed by atoms with van der Waals surface area (Å²) in [5, 5.41) is 5.42. The highest BCUT2D eigenvalue weighted by atomic mass is 16.5. The highest BCUT2D eigenvalue weighted by Crippen LogP contribution is 2.52. The van der Waals surface area contributed by atoms with E-state index in [4.69, 9.17) is 4.74 Å². The zero-order valence-corrected chi connectivity index (χ0v) is 21.6. The number of fused-ring (bicyclic) bond motifs is 5. The molecule has 9 nitrogen and oxygen atoms in total. The molecule has 1 heterocycles. The van der Waals surface area contributed by atoms with Crippen molar-refractivity contribution in [1.82, 2.24) is 15.5 Å². The van der Waals surface area contributed by atoms with Gasteiger partial charge in [-0.05, 0) is 29.4 Å². The number of carbonyl (C=O) groups is 5. The average molecular weight is 530 g/mol. The van der Waals surface area contributed by atoms with Gasteiger partial charge in [0.1, 0.15) is 18.6 Å². The number of benzene rings is 2. The number of likely N-dealkylation sites (tertiary alicyclic amines) is 1. The van der Waals surface area contributed by atoms with Gasteiger partial charge in [-0.15, -0.1) is 0 Å². The molecule has 2 N–H and O–H groups in total. The van der Waals surface area contributed by atoms with E-state index >= 15 is 0 Å². The lowest BCUT2D eigenvalue weighted by molar-refractivity contribution is -0.146. The first-order valence-electron chi connectivity index (χ1n) is 13.1. The van der Waals surface area contributed by atoms with Crippen LogP contribution in [-0.4, -0.2) is 60.2 Å². The van der Waals surface area contributed by atoms with Crippen LogP contribution in [0.25, 0.3) is 0 Å². The summed E-state index contributed by atoms with van der Waals surface area (Å²) in [6, 6.07) is 16.3. The van der Waals surface area contributed by atoms with E-state index in [9.17, 15) is 24.0 Å². The Morgan fingerprint density at radius 1 is 0.821 bits per heavy atom. The van der Waals surface area contributed by atoms with Crippen molar-refractivity contribution < 1.29 is 28.7 Å². The number of amides is 4. The van der Waals surface area contributed by atoms with Crippen molar-refractivity contribution in [3.8, 4) is 0 Å². The Balaban J connectivity index is 1.29. The van der Waals surface area contributed by atoms with E-state index in [2.05, 4.69) is 10.6 Å². The summed E-state index contributed by atoms with van der Waals surface area (Å²) in [6.45, 7) is -0.451. The number of hydrogen-bond donors (Lipinski definition) is 2. The molecule has 2 aliphatic carbocycles. The van der Waals surface area contributed by atoms with Crippen molar-refractivity contribution >= 4 is 29.6 Å². The van der Waals surface area contributed by atoms with Gasteiger partial charge >= 0.3 is 5.97 Å². The SMILES string of the molecule is COC(=O)[C@H](Cc1ccccc1)NC(=O)[C@@H](Cc1ccccc1)NC(=O)CN1C(=O)[C@@H]2[C@H](C1=O)[C@H]1C=C[C@H]2C1. The van der Waals surface area contributed by atoms with Crippen LogP contribution in [0.3, 0.4) is 0 Å². The van der Waals surface area contributed by atoms with Crippen molar-refractivity contribution in [2.75, 3.05) is 13.7 Å². The lowest BCUT2D eigenvalue weighted by atomic mass is 9.85. The Morgan fingerprint density at radius 2 is 1.33 bits per heavy atom. The number of hydrogen-bond acceptors (Lipinski definition) is 6. The van der Waals surface area contributed by atoms with Gasteiger partial charge in [-0.25, -0.2) is 4.79 Å². The van der Waals surface area contributed by atoms with Gasteiger partial charge in [0, 0.05) is 12.8 Å². The van der Waals surface area contributed by atoms with E-state index in [1.54, 1.807) is 0 Å². The molecule has 1 saturated heterocycles. The predicted octanol–water partition coefficient (Wildman–Crippen LogP) is 1.42. The second-order valence-electron chi connectivity index (χ2n) is 10.3. The van der Waals surface area contributed by atoms with Crippen molar-refractivity contribution in [2.24, 2.45) is 23.7 Å². The van der Waals surface area contributed by atoms with Crippen molar-refractivity contribution in [3.63, 3.8) is 0 Å². The van der Waals surface area contributed by atoms with E-state index in [-0.39, 0.29) is 36.5 Å². The largest absolute Gasteiger partial charge is 0.467 e. The van der Waals surface area contributed by atoms with Crippen LogP contribution in [-0.2, 0) is 41.6 Å². The van der Waals surface area contributed by atoms with Crippen LogP contribution in [0.1, 0.15) is 17.5 Å². The monoisotopic (exact) mass is 529 g/mol. The van der Waals surface area contributed by atoms with Gasteiger partial charge in [-0.3, -0.25) is 24.1 Å². The number of nitrogens with zero attached hydrogens (tertiary/aromatic N) is 1. The number of nitrogens with one attached hydrogen (secondary N) is 2. The van der Waals surface area contributed by atoms with Crippen molar-refractivity contribution in [3.05, 3.63) is 83.9 Å². The average Bonchev–Trinajstić information content (AvgIpc) is 3.63. The molecule has 2 bridgehead atoms. The molecule has 2 aromatic rings. The Bertz CT molecular complexity index is 1260. The summed E-state index contributed by atoms with van der Waals surface area (Å²) in [4.78, 5) is 66.1. The number of methoxy groups -OCH3 is 1. The van der Waals surface area contributed by atoms with Gasteiger partial charge in [0.05, 0.1) is 18.9 Å². The standard InChI is InChI=1S/C30H31N3O6/c1-39-30(38)23(15-19-10-6-3-7-11-19)32-27(35)22(14-18-8-4-2-5-9-18)31-24(34)17-33-28(36)25-20-12-13-21(16-20)26(25)29(33)37/h2-13,20-23,25-26H,14-17H2,1H3,(H,31,34)(H,32,35)/t20-,21-,22+,23-,25-,26+/m0/s1. The van der Waals surface area contributed by atoms with Crippen LogP contribution in [0.15, 0.2) is 72.8 Å². The Morgan fingerprint density at radius 3 is 1.85 bits per heavy atom. The topological polar surface area (TPSA) is 122 Å². The summed E-state index contributed by atoms with van der Waals surface area (Å²) in [7, 11) is 1.25. The maximum Gasteiger partial charge on any atom is 0.328 e. The quantitative estimate of drug-likeness (QED) is 0.273. The third-order valence-corrected chi connectivity index (χ3v) is 7.88. The molecule has 5 rings (SSSR count). The Labute approximate surface area is 226 Å². The molecular weight excluding hydrogens is 498 g/mol. The number of ether oxygens (including phenoxy) is 1. The predicted molar refractivity (Wildman–Crippen MR) is 141 cm³/mol. The fourth-order valence-electron chi connectivity index (χ4n) is 6.02. The van der Waals surface area contributed by atoms with Gasteiger partial charge in [0.25, 0.3) is 0 Å². The molecule has 9 heteroatoms. The van der Waals surface area contributed by atoms with Crippen LogP contribution >= 0.6 is 0 Å². The molecule has 0 spiro atoms. The molecular formula is C30H31N3O6. The molecule has 202 valence electrons. The Kier molecular flexibility index (Phi) is 7.58. The molecule has 0 radical (unpaired) electrons. The highest BCUT2D eigenvalue weighted by Gasteiger charge is 2.59. The van der Waals surface area contributed by atoms with Gasteiger partial charge in [0.15, 0.2) is 0 Å². The molecule has 3 aliphatic rings.